The summed E-state index contributed by atoms with van der Waals surface area (Å²) in [5.41, 5.74) is 1.42. The minimum absolute atomic E-state index is 0.107. The van der Waals surface area contributed by atoms with Crippen LogP contribution in [-0.4, -0.2) is 11.7 Å². The maximum absolute atomic E-state index is 9.55. The van der Waals surface area contributed by atoms with Crippen LogP contribution >= 0.6 is 0 Å². The van der Waals surface area contributed by atoms with E-state index in [1.807, 2.05) is 37.3 Å². The summed E-state index contributed by atoms with van der Waals surface area (Å²) in [5.74, 6) is 0.525. The van der Waals surface area contributed by atoms with Crippen molar-refractivity contribution in [3.8, 4) is 11.5 Å². The quantitative estimate of drug-likeness (QED) is 0.816. The molecule has 0 bridgehead atoms. The number of rotatable bonds is 4. The van der Waals surface area contributed by atoms with Crippen LogP contribution in [0.3, 0.4) is 0 Å². The Kier molecular flexibility index (Phi) is 3.91. The fraction of sp³-hybridized carbons (Fsp3) is 0.143. The van der Waals surface area contributed by atoms with Gasteiger partial charge in [0.05, 0.1) is 18.0 Å². The molecule has 2 aromatic carbocycles. The second-order valence-electron chi connectivity index (χ2n) is 3.62. The normalized spacial score (nSPS) is 10.7. The van der Waals surface area contributed by atoms with Crippen LogP contribution < -0.4 is 4.74 Å². The van der Waals surface area contributed by atoms with Gasteiger partial charge in [0.2, 0.25) is 0 Å². The molecule has 0 spiro atoms. The molecule has 92 valence electrons. The van der Waals surface area contributed by atoms with Crippen molar-refractivity contribution < 1.29 is 9.84 Å². The fourth-order valence-electron chi connectivity index (χ4n) is 1.45. The van der Waals surface area contributed by atoms with Crippen LogP contribution in [0.4, 0.5) is 11.4 Å². The molecule has 0 amide bonds. The highest BCUT2D eigenvalue weighted by molar-refractivity contribution is 5.51. The Morgan fingerprint density at radius 2 is 1.72 bits per heavy atom. The van der Waals surface area contributed by atoms with E-state index in [4.69, 9.17) is 4.74 Å². The van der Waals surface area contributed by atoms with Gasteiger partial charge in [-0.1, -0.05) is 18.2 Å². The SMILES string of the molecule is CCOc1cc(/N=N/c2ccccc2)ccc1O. The highest BCUT2D eigenvalue weighted by Crippen LogP contribution is 2.31. The van der Waals surface area contributed by atoms with E-state index in [0.717, 1.165) is 5.69 Å². The lowest BCUT2D eigenvalue weighted by molar-refractivity contribution is 0.318. The second kappa shape index (κ2) is 5.82. The van der Waals surface area contributed by atoms with E-state index in [-0.39, 0.29) is 5.75 Å². The van der Waals surface area contributed by atoms with Crippen molar-refractivity contribution in [2.75, 3.05) is 6.61 Å². The molecule has 0 saturated carbocycles. The highest BCUT2D eigenvalue weighted by atomic mass is 16.5. The first-order valence-electron chi connectivity index (χ1n) is 5.72. The summed E-state index contributed by atoms with van der Waals surface area (Å²) in [6.07, 6.45) is 0. The molecule has 0 radical (unpaired) electrons. The molecular formula is C14H14N2O2. The van der Waals surface area contributed by atoms with Crippen LogP contribution in [0.25, 0.3) is 0 Å². The maximum atomic E-state index is 9.55. The summed E-state index contributed by atoms with van der Waals surface area (Å²) in [6.45, 7) is 2.35. The number of aromatic hydroxyl groups is 1. The Morgan fingerprint density at radius 3 is 2.44 bits per heavy atom. The van der Waals surface area contributed by atoms with Crippen molar-refractivity contribution in [3.05, 3.63) is 48.5 Å². The van der Waals surface area contributed by atoms with Gasteiger partial charge in [0.25, 0.3) is 0 Å². The standard InChI is InChI=1S/C14H14N2O2/c1-2-18-14-10-12(8-9-13(14)17)16-15-11-6-4-3-5-7-11/h3-10,17H,2H2,1H3/b16-15+. The van der Waals surface area contributed by atoms with E-state index >= 15 is 0 Å². The third-order valence-corrected chi connectivity index (χ3v) is 2.28. The maximum Gasteiger partial charge on any atom is 0.163 e. The molecular weight excluding hydrogens is 228 g/mol. The number of ether oxygens (including phenoxy) is 1. The molecule has 4 heteroatoms. The molecule has 18 heavy (non-hydrogen) atoms. The van der Waals surface area contributed by atoms with E-state index in [9.17, 15) is 5.11 Å². The first-order valence-corrected chi connectivity index (χ1v) is 5.72. The molecule has 4 nitrogen and oxygen atoms in total. The molecule has 0 unspecified atom stereocenters. The Hall–Kier alpha value is -2.36. The number of azo groups is 1. The predicted octanol–water partition coefficient (Wildman–Crippen LogP) is 4.21. The van der Waals surface area contributed by atoms with Crippen LogP contribution in [0.5, 0.6) is 11.5 Å². The number of hydrogen-bond acceptors (Lipinski definition) is 4. The molecule has 2 aromatic rings. The van der Waals surface area contributed by atoms with Gasteiger partial charge in [0, 0.05) is 6.07 Å². The zero-order valence-electron chi connectivity index (χ0n) is 10.1. The summed E-state index contributed by atoms with van der Waals surface area (Å²) in [6, 6.07) is 14.3. The highest BCUT2D eigenvalue weighted by Gasteiger charge is 2.02. The lowest BCUT2D eigenvalue weighted by Crippen LogP contribution is -1.90. The summed E-state index contributed by atoms with van der Waals surface area (Å²) < 4.78 is 5.28. The molecule has 0 heterocycles. The lowest BCUT2D eigenvalue weighted by atomic mass is 10.3. The van der Waals surface area contributed by atoms with Gasteiger partial charge in [0.1, 0.15) is 0 Å². The molecule has 0 aliphatic rings. The number of phenols is 1. The van der Waals surface area contributed by atoms with Gasteiger partial charge in [-0.25, -0.2) is 0 Å². The first kappa shape index (κ1) is 12.1. The van der Waals surface area contributed by atoms with E-state index in [1.165, 1.54) is 0 Å². The number of phenolic OH excluding ortho intramolecular Hbond substituents is 1. The van der Waals surface area contributed by atoms with E-state index < -0.39 is 0 Å². The molecule has 0 atom stereocenters. The van der Waals surface area contributed by atoms with Crippen LogP contribution in [0, 0.1) is 0 Å². The van der Waals surface area contributed by atoms with Gasteiger partial charge < -0.3 is 9.84 Å². The Labute approximate surface area is 106 Å². The number of hydrogen-bond donors (Lipinski definition) is 1. The summed E-state index contributed by atoms with van der Waals surface area (Å²) in [7, 11) is 0. The predicted molar refractivity (Wildman–Crippen MR) is 69.9 cm³/mol. The Balaban J connectivity index is 2.19. The average molecular weight is 242 g/mol. The molecule has 2 rings (SSSR count). The van der Waals surface area contributed by atoms with Crippen molar-refractivity contribution in [1.29, 1.82) is 0 Å². The number of benzene rings is 2. The lowest BCUT2D eigenvalue weighted by Gasteiger charge is -2.05. The largest absolute Gasteiger partial charge is 0.504 e. The molecule has 1 N–H and O–H groups in total. The van der Waals surface area contributed by atoms with Crippen LogP contribution in [0.2, 0.25) is 0 Å². The second-order valence-corrected chi connectivity index (χ2v) is 3.62. The molecule has 0 fully saturated rings. The first-order chi connectivity index (χ1) is 8.79. The minimum Gasteiger partial charge on any atom is -0.504 e. The monoisotopic (exact) mass is 242 g/mol. The van der Waals surface area contributed by atoms with Crippen molar-refractivity contribution in [2.24, 2.45) is 10.2 Å². The molecule has 0 aromatic heterocycles. The van der Waals surface area contributed by atoms with Crippen LogP contribution in [0.15, 0.2) is 58.8 Å². The van der Waals surface area contributed by atoms with Crippen molar-refractivity contribution in [2.45, 2.75) is 6.92 Å². The summed E-state index contributed by atoms with van der Waals surface area (Å²) >= 11 is 0. The summed E-state index contributed by atoms with van der Waals surface area (Å²) in [4.78, 5) is 0. The van der Waals surface area contributed by atoms with Gasteiger partial charge in [-0.2, -0.15) is 10.2 Å². The average Bonchev–Trinajstić information content (AvgIpc) is 2.41. The Morgan fingerprint density at radius 1 is 1.00 bits per heavy atom. The van der Waals surface area contributed by atoms with E-state index in [2.05, 4.69) is 10.2 Å². The Bertz CT molecular complexity index is 539. The zero-order valence-corrected chi connectivity index (χ0v) is 10.1. The van der Waals surface area contributed by atoms with Gasteiger partial charge in [0.15, 0.2) is 11.5 Å². The third kappa shape index (κ3) is 3.07. The van der Waals surface area contributed by atoms with Crippen molar-refractivity contribution in [3.63, 3.8) is 0 Å². The van der Waals surface area contributed by atoms with Crippen LogP contribution in [0.1, 0.15) is 6.92 Å². The van der Waals surface area contributed by atoms with Gasteiger partial charge in [-0.15, -0.1) is 0 Å². The molecule has 0 saturated heterocycles. The fourth-order valence-corrected chi connectivity index (χ4v) is 1.45. The number of nitrogens with zero attached hydrogens (tertiary/aromatic N) is 2. The van der Waals surface area contributed by atoms with Crippen molar-refractivity contribution >= 4 is 11.4 Å². The zero-order chi connectivity index (χ0) is 12.8. The third-order valence-electron chi connectivity index (χ3n) is 2.28. The molecule has 0 aliphatic carbocycles. The summed E-state index contributed by atoms with van der Waals surface area (Å²) in [5, 5.41) is 17.7. The van der Waals surface area contributed by atoms with Gasteiger partial charge >= 0.3 is 0 Å². The van der Waals surface area contributed by atoms with Crippen LogP contribution in [-0.2, 0) is 0 Å². The molecule has 0 aliphatic heterocycles. The topological polar surface area (TPSA) is 54.2 Å². The van der Waals surface area contributed by atoms with E-state index in [0.29, 0.717) is 18.0 Å². The minimum atomic E-state index is 0.107. The van der Waals surface area contributed by atoms with E-state index in [1.54, 1.807) is 18.2 Å². The van der Waals surface area contributed by atoms with Gasteiger partial charge in [-0.3, -0.25) is 0 Å². The van der Waals surface area contributed by atoms with Gasteiger partial charge in [-0.05, 0) is 31.2 Å². The van der Waals surface area contributed by atoms with Crippen molar-refractivity contribution in [1.82, 2.24) is 0 Å². The smallest absolute Gasteiger partial charge is 0.163 e.